The first-order chi connectivity index (χ1) is 18.9. The van der Waals surface area contributed by atoms with E-state index in [0.717, 1.165) is 5.39 Å². The lowest BCUT2D eigenvalue weighted by molar-refractivity contribution is -0.135. The fraction of sp³-hybridized carbons (Fsp3) is 0.167. The number of ether oxygens (including phenoxy) is 5. The van der Waals surface area contributed by atoms with Crippen molar-refractivity contribution >= 4 is 28.7 Å². The number of esters is 1. The van der Waals surface area contributed by atoms with E-state index in [1.807, 2.05) is 24.3 Å². The molecule has 1 atom stereocenters. The smallest absolute Gasteiger partial charge is 0.312 e. The number of para-hydroxylation sites is 1. The van der Waals surface area contributed by atoms with Crippen molar-refractivity contribution in [3.8, 4) is 28.7 Å². The molecule has 0 saturated carbocycles. The average Bonchev–Trinajstić information content (AvgIpc) is 3.26. The second-order valence-electron chi connectivity index (χ2n) is 9.11. The Morgan fingerprint density at radius 1 is 0.872 bits per heavy atom. The fourth-order valence-electron chi connectivity index (χ4n) is 5.10. The first-order valence-electron chi connectivity index (χ1n) is 12.2. The van der Waals surface area contributed by atoms with Crippen LogP contribution in [-0.2, 0) is 4.79 Å². The summed E-state index contributed by atoms with van der Waals surface area (Å²) in [6.07, 6.45) is 1.48. The zero-order valence-electron chi connectivity index (χ0n) is 21.3. The van der Waals surface area contributed by atoms with Gasteiger partial charge in [-0.15, -0.1) is 0 Å². The van der Waals surface area contributed by atoms with Gasteiger partial charge in [0.25, 0.3) is 5.56 Å². The van der Waals surface area contributed by atoms with E-state index in [1.165, 1.54) is 21.3 Å². The molecular formula is C30H23NO8. The van der Waals surface area contributed by atoms with Gasteiger partial charge >= 0.3 is 5.97 Å². The summed E-state index contributed by atoms with van der Waals surface area (Å²) in [5.74, 6) is 0.422. The molecule has 2 aliphatic rings. The number of allylic oxidation sites excluding steroid dienone is 1. The molecule has 1 N–H and O–H groups in total. The quantitative estimate of drug-likeness (QED) is 0.228. The maximum atomic E-state index is 13.4. The van der Waals surface area contributed by atoms with Gasteiger partial charge in [-0.3, -0.25) is 14.4 Å². The number of rotatable bonds is 5. The molecule has 1 aromatic heterocycles. The maximum Gasteiger partial charge on any atom is 0.312 e. The SMILES string of the molecule is COc1cc(OC)c(OC)cc1/C=C1/Oc2c(ccc3c2[C@@H](c2cc4ccccc4[nH]c2=O)CC(=O)O3)C1=O. The van der Waals surface area contributed by atoms with Crippen LogP contribution in [0.1, 0.15) is 39.4 Å². The number of nitrogens with one attached hydrogen (secondary N) is 1. The van der Waals surface area contributed by atoms with Crippen LogP contribution in [0.2, 0.25) is 0 Å². The Morgan fingerprint density at radius 2 is 1.62 bits per heavy atom. The Morgan fingerprint density at radius 3 is 2.38 bits per heavy atom. The lowest BCUT2D eigenvalue weighted by atomic mass is 9.85. The minimum atomic E-state index is -0.674. The van der Waals surface area contributed by atoms with Crippen molar-refractivity contribution < 1.29 is 33.3 Å². The van der Waals surface area contributed by atoms with Gasteiger partial charge in [0.15, 0.2) is 17.3 Å². The predicted molar refractivity (Wildman–Crippen MR) is 142 cm³/mol. The van der Waals surface area contributed by atoms with E-state index in [4.69, 9.17) is 23.7 Å². The third-order valence-electron chi connectivity index (χ3n) is 6.96. The van der Waals surface area contributed by atoms with Gasteiger partial charge in [-0.1, -0.05) is 18.2 Å². The summed E-state index contributed by atoms with van der Waals surface area (Å²) in [6, 6.07) is 15.6. The molecule has 0 aliphatic carbocycles. The third-order valence-corrected chi connectivity index (χ3v) is 6.96. The van der Waals surface area contributed by atoms with E-state index in [-0.39, 0.29) is 35.0 Å². The van der Waals surface area contributed by atoms with Crippen molar-refractivity contribution in [2.45, 2.75) is 12.3 Å². The summed E-state index contributed by atoms with van der Waals surface area (Å²) < 4.78 is 27.9. The number of carbonyl (C=O) groups excluding carboxylic acids is 2. The van der Waals surface area contributed by atoms with Crippen LogP contribution in [0.25, 0.3) is 17.0 Å². The molecule has 3 heterocycles. The highest BCUT2D eigenvalue weighted by Crippen LogP contribution is 2.49. The molecule has 0 bridgehead atoms. The van der Waals surface area contributed by atoms with E-state index in [1.54, 1.807) is 36.4 Å². The minimum absolute atomic E-state index is 0.0481. The van der Waals surface area contributed by atoms with Crippen LogP contribution in [-0.4, -0.2) is 38.1 Å². The molecule has 0 unspecified atom stereocenters. The van der Waals surface area contributed by atoms with Gasteiger partial charge in [-0.05, 0) is 41.8 Å². The molecular weight excluding hydrogens is 502 g/mol. The highest BCUT2D eigenvalue weighted by atomic mass is 16.5. The van der Waals surface area contributed by atoms with Gasteiger partial charge in [0.05, 0.1) is 33.3 Å². The number of pyridine rings is 1. The number of Topliss-reactive ketones (excluding diaryl/α,β-unsaturated/α-hetero) is 1. The van der Waals surface area contributed by atoms with Gasteiger partial charge in [-0.2, -0.15) is 0 Å². The van der Waals surface area contributed by atoms with Gasteiger partial charge in [0.2, 0.25) is 5.78 Å². The molecule has 3 aromatic carbocycles. The summed E-state index contributed by atoms with van der Waals surface area (Å²) >= 11 is 0. The summed E-state index contributed by atoms with van der Waals surface area (Å²) in [6.45, 7) is 0. The van der Waals surface area contributed by atoms with Crippen molar-refractivity contribution in [3.63, 3.8) is 0 Å². The van der Waals surface area contributed by atoms with Crippen molar-refractivity contribution in [1.29, 1.82) is 0 Å². The monoisotopic (exact) mass is 525 g/mol. The van der Waals surface area contributed by atoms with E-state index in [9.17, 15) is 14.4 Å². The molecule has 0 radical (unpaired) electrons. The molecule has 9 heteroatoms. The highest BCUT2D eigenvalue weighted by Gasteiger charge is 2.39. The first kappa shape index (κ1) is 24.3. The largest absolute Gasteiger partial charge is 0.496 e. The molecule has 2 aliphatic heterocycles. The zero-order chi connectivity index (χ0) is 27.3. The van der Waals surface area contributed by atoms with Gasteiger partial charge in [-0.25, -0.2) is 0 Å². The van der Waals surface area contributed by atoms with Crippen LogP contribution in [0.4, 0.5) is 0 Å². The predicted octanol–water partition coefficient (Wildman–Crippen LogP) is 4.61. The zero-order valence-corrected chi connectivity index (χ0v) is 21.3. The maximum absolute atomic E-state index is 13.4. The summed E-state index contributed by atoms with van der Waals surface area (Å²) in [5.41, 5.74) is 2.06. The second kappa shape index (κ2) is 9.36. The average molecular weight is 526 g/mol. The van der Waals surface area contributed by atoms with E-state index >= 15 is 0 Å². The van der Waals surface area contributed by atoms with Gasteiger partial charge in [0, 0.05) is 34.2 Å². The van der Waals surface area contributed by atoms with Crippen LogP contribution in [0.5, 0.6) is 28.7 Å². The number of H-pyrrole nitrogens is 1. The number of benzene rings is 3. The number of ketones is 1. The number of aromatic nitrogens is 1. The Hall–Kier alpha value is -5.05. The van der Waals surface area contributed by atoms with Gasteiger partial charge in [0.1, 0.15) is 17.2 Å². The molecule has 6 rings (SSSR count). The van der Waals surface area contributed by atoms with E-state index in [2.05, 4.69) is 4.98 Å². The molecule has 0 saturated heterocycles. The highest BCUT2D eigenvalue weighted by molar-refractivity contribution is 6.15. The molecule has 4 aromatic rings. The summed E-state index contributed by atoms with van der Waals surface area (Å²) in [7, 11) is 4.53. The van der Waals surface area contributed by atoms with Gasteiger partial charge < -0.3 is 28.7 Å². The van der Waals surface area contributed by atoms with E-state index in [0.29, 0.717) is 45.0 Å². The molecule has 39 heavy (non-hydrogen) atoms. The lowest BCUT2D eigenvalue weighted by Crippen LogP contribution is -2.26. The number of methoxy groups -OCH3 is 3. The molecule has 0 spiro atoms. The van der Waals surface area contributed by atoms with Crippen LogP contribution in [0.3, 0.4) is 0 Å². The number of aromatic amines is 1. The normalized spacial score (nSPS) is 16.9. The topological polar surface area (TPSA) is 113 Å². The van der Waals surface area contributed by atoms with Crippen molar-refractivity contribution in [1.82, 2.24) is 4.98 Å². The minimum Gasteiger partial charge on any atom is -0.496 e. The van der Waals surface area contributed by atoms with Crippen molar-refractivity contribution in [2.75, 3.05) is 21.3 Å². The lowest BCUT2D eigenvalue weighted by Gasteiger charge is -2.26. The van der Waals surface area contributed by atoms with Crippen LogP contribution < -0.4 is 29.2 Å². The van der Waals surface area contributed by atoms with Crippen LogP contribution >= 0.6 is 0 Å². The first-order valence-corrected chi connectivity index (χ1v) is 12.2. The summed E-state index contributed by atoms with van der Waals surface area (Å²) in [4.78, 5) is 42.0. The number of carbonyl (C=O) groups is 2. The van der Waals surface area contributed by atoms with E-state index < -0.39 is 11.9 Å². The number of fused-ring (bicyclic) bond motifs is 4. The number of hydrogen-bond donors (Lipinski definition) is 1. The molecule has 9 nitrogen and oxygen atoms in total. The molecule has 196 valence electrons. The Balaban J connectivity index is 1.48. The summed E-state index contributed by atoms with van der Waals surface area (Å²) in [5, 5.41) is 0.818. The van der Waals surface area contributed by atoms with Crippen LogP contribution in [0, 0.1) is 0 Å². The Labute approximate surface area is 222 Å². The van der Waals surface area contributed by atoms with Crippen LogP contribution in [0.15, 0.2) is 65.2 Å². The standard InChI is InChI=1S/C30H23NO8/c1-35-22-14-24(37-3)23(36-2)11-16(22)12-25-28(33)17-8-9-21-27(29(17)39-25)18(13-26(32)38-21)19-10-15-6-4-5-7-20(15)31-30(19)34/h4-12,14,18H,13H2,1-3H3,(H,31,34)/b25-12+/t18-/m1/s1. The third kappa shape index (κ3) is 3.99. The second-order valence-corrected chi connectivity index (χ2v) is 9.11. The van der Waals surface area contributed by atoms with Crippen molar-refractivity contribution in [3.05, 3.63) is 93.0 Å². The molecule has 0 amide bonds. The Bertz CT molecular complexity index is 1770. The Kier molecular flexibility index (Phi) is 5.83. The number of hydrogen-bond acceptors (Lipinski definition) is 8. The molecule has 0 fully saturated rings. The fourth-order valence-corrected chi connectivity index (χ4v) is 5.10. The van der Waals surface area contributed by atoms with Crippen molar-refractivity contribution in [2.24, 2.45) is 0 Å².